The summed E-state index contributed by atoms with van der Waals surface area (Å²) in [6.45, 7) is -0.827. The lowest BCUT2D eigenvalue weighted by Crippen LogP contribution is -2.53. The third-order valence-corrected chi connectivity index (χ3v) is 5.79. The Morgan fingerprint density at radius 1 is 1.20 bits per heavy atom. The summed E-state index contributed by atoms with van der Waals surface area (Å²) in [7, 11) is -5.49. The van der Waals surface area contributed by atoms with E-state index >= 15 is 0 Å². The van der Waals surface area contributed by atoms with Crippen molar-refractivity contribution in [1.29, 1.82) is 0 Å². The Morgan fingerprint density at radius 2 is 1.70 bits per heavy atom. The summed E-state index contributed by atoms with van der Waals surface area (Å²) in [5, 5.41) is 47.1. The van der Waals surface area contributed by atoms with Gasteiger partial charge in [-0.2, -0.15) is 8.42 Å². The van der Waals surface area contributed by atoms with Gasteiger partial charge in [0.25, 0.3) is 0 Å². The maximum absolute atomic E-state index is 10.5. The van der Waals surface area contributed by atoms with Crippen LogP contribution in [0.3, 0.4) is 0 Å². The highest BCUT2D eigenvalue weighted by atomic mass is 32.3. The summed E-state index contributed by atoms with van der Waals surface area (Å²) >= 11 is 0. The van der Waals surface area contributed by atoms with Gasteiger partial charge in [-0.05, 0) is 10.9 Å². The minimum absolute atomic E-state index is 0.0401. The normalized spacial score (nSPS) is 34.7. The molecule has 0 aromatic heterocycles. The van der Waals surface area contributed by atoms with E-state index in [1.54, 1.807) is 0 Å². The molecule has 0 amide bonds. The number of aliphatic hydroxyl groups is 5. The minimum atomic E-state index is -4.81. The molecule has 120 valence electrons. The summed E-state index contributed by atoms with van der Waals surface area (Å²) < 4.78 is 33.7. The maximum atomic E-state index is 10.5. The average molecular weight is 335 g/mol. The number of hydrogen-bond donors (Lipinski definition) is 6. The Labute approximate surface area is 119 Å². The molecule has 6 N–H and O–H groups in total. The van der Waals surface area contributed by atoms with Crippen LogP contribution in [0.5, 0.6) is 0 Å². The van der Waals surface area contributed by atoms with Crippen LogP contribution in [-0.4, -0.2) is 92.9 Å². The molecule has 9 nitrogen and oxygen atoms in total. The van der Waals surface area contributed by atoms with Gasteiger partial charge in [-0.3, -0.25) is 4.55 Å². The first-order valence-corrected chi connectivity index (χ1v) is 8.86. The molecule has 1 fully saturated rings. The zero-order chi connectivity index (χ0) is 15.5. The molecular weight excluding hydrogens is 316 g/mol. The highest BCUT2D eigenvalue weighted by Crippen LogP contribution is 2.18. The fourth-order valence-electron chi connectivity index (χ4n) is 1.86. The number of rotatable bonds is 6. The predicted molar refractivity (Wildman–Crippen MR) is 69.5 cm³/mol. The van der Waals surface area contributed by atoms with Gasteiger partial charge in [0, 0.05) is 0 Å². The molecule has 2 unspecified atom stereocenters. The van der Waals surface area contributed by atoms with Crippen molar-refractivity contribution in [3.63, 3.8) is 0 Å². The quantitative estimate of drug-likeness (QED) is 0.211. The summed E-state index contributed by atoms with van der Waals surface area (Å²) in [5.41, 5.74) is 0. The van der Waals surface area contributed by atoms with Gasteiger partial charge in [0.05, 0.1) is 6.61 Å². The maximum Gasteiger partial charge on any atom is 0.397 e. The molecule has 0 aliphatic carbocycles. The summed E-state index contributed by atoms with van der Waals surface area (Å²) in [6, 6.07) is 0. The van der Waals surface area contributed by atoms with Crippen LogP contribution in [0.1, 0.15) is 0 Å². The van der Waals surface area contributed by atoms with Gasteiger partial charge in [0.1, 0.15) is 47.8 Å². The molecule has 0 bridgehead atoms. The van der Waals surface area contributed by atoms with E-state index in [9.17, 15) is 28.8 Å². The van der Waals surface area contributed by atoms with Gasteiger partial charge in [0.15, 0.2) is 0 Å². The van der Waals surface area contributed by atoms with Crippen LogP contribution in [0.2, 0.25) is 0 Å². The molecular formula is C9H19O9S2+. The van der Waals surface area contributed by atoms with Gasteiger partial charge in [-0.25, -0.2) is 4.18 Å². The van der Waals surface area contributed by atoms with Gasteiger partial charge >= 0.3 is 10.4 Å². The second-order valence-electron chi connectivity index (χ2n) is 4.55. The summed E-state index contributed by atoms with van der Waals surface area (Å²) in [4.78, 5) is 0. The van der Waals surface area contributed by atoms with Crippen LogP contribution in [0.4, 0.5) is 0 Å². The van der Waals surface area contributed by atoms with E-state index in [1.165, 1.54) is 0 Å². The molecule has 1 aliphatic rings. The smallest absolute Gasteiger partial charge is 0.394 e. The SMILES string of the molecule is O=S(=O)(O)O[C@@H](CO)[C@H](O)C[S+]1C[C@@H](O)C(O)[C@@H](O)C1. The Hall–Kier alpha value is 0.0200. The van der Waals surface area contributed by atoms with E-state index in [2.05, 4.69) is 4.18 Å². The summed E-state index contributed by atoms with van der Waals surface area (Å²) in [5.74, 6) is 0.236. The Morgan fingerprint density at radius 3 is 2.10 bits per heavy atom. The van der Waals surface area contributed by atoms with Crippen molar-refractivity contribution in [3.8, 4) is 0 Å². The van der Waals surface area contributed by atoms with Crippen molar-refractivity contribution >= 4 is 21.3 Å². The van der Waals surface area contributed by atoms with E-state index < -0.39 is 58.4 Å². The largest absolute Gasteiger partial charge is 0.397 e. The zero-order valence-corrected chi connectivity index (χ0v) is 12.1. The predicted octanol–water partition coefficient (Wildman–Crippen LogP) is -3.76. The third-order valence-electron chi connectivity index (χ3n) is 2.86. The van der Waals surface area contributed by atoms with Crippen LogP contribution >= 0.6 is 0 Å². The first-order valence-electron chi connectivity index (χ1n) is 5.77. The first-order chi connectivity index (χ1) is 9.14. The summed E-state index contributed by atoms with van der Waals surface area (Å²) in [6.07, 6.45) is -6.45. The Bertz CT molecular complexity index is 388. The molecule has 0 radical (unpaired) electrons. The van der Waals surface area contributed by atoms with Crippen LogP contribution < -0.4 is 0 Å². The standard InChI is InChI=1S/C9H18O9S2/c10-1-8(18-20(15,16)17)5(11)2-19-3-6(12)9(14)7(13)4-19/h5-14H,1-4H2/p+1/t5-,6-,7+,8+,9?,19?/m1/s1. The molecule has 11 heteroatoms. The van der Waals surface area contributed by atoms with Crippen LogP contribution in [-0.2, 0) is 25.5 Å². The third kappa shape index (κ3) is 5.42. The zero-order valence-electron chi connectivity index (χ0n) is 10.4. The van der Waals surface area contributed by atoms with E-state index in [1.807, 2.05) is 0 Å². The molecule has 0 saturated carbocycles. The molecule has 1 heterocycles. The number of aliphatic hydroxyl groups excluding tert-OH is 5. The van der Waals surface area contributed by atoms with E-state index in [0.29, 0.717) is 0 Å². The Balaban J connectivity index is 2.58. The van der Waals surface area contributed by atoms with Gasteiger partial charge < -0.3 is 25.5 Å². The topological polar surface area (TPSA) is 165 Å². The van der Waals surface area contributed by atoms with Crippen molar-refractivity contribution in [3.05, 3.63) is 0 Å². The van der Waals surface area contributed by atoms with Gasteiger partial charge in [0.2, 0.25) is 0 Å². The Kier molecular flexibility index (Phi) is 6.63. The van der Waals surface area contributed by atoms with Crippen molar-refractivity contribution in [1.82, 2.24) is 0 Å². The van der Waals surface area contributed by atoms with E-state index in [0.717, 1.165) is 0 Å². The fourth-order valence-corrected chi connectivity index (χ4v) is 4.83. The van der Waals surface area contributed by atoms with Crippen LogP contribution in [0.25, 0.3) is 0 Å². The molecule has 0 aromatic rings. The van der Waals surface area contributed by atoms with E-state index in [-0.39, 0.29) is 17.3 Å². The molecule has 20 heavy (non-hydrogen) atoms. The van der Waals surface area contributed by atoms with Crippen molar-refractivity contribution in [2.75, 3.05) is 23.9 Å². The van der Waals surface area contributed by atoms with Crippen LogP contribution in [0, 0.1) is 0 Å². The molecule has 0 spiro atoms. The molecule has 1 rings (SSSR count). The monoisotopic (exact) mass is 335 g/mol. The number of hydrogen-bond acceptors (Lipinski definition) is 8. The second kappa shape index (κ2) is 7.33. The lowest BCUT2D eigenvalue weighted by Gasteiger charge is -2.29. The average Bonchev–Trinajstić information content (AvgIpc) is 2.31. The molecule has 1 aliphatic heterocycles. The fraction of sp³-hybridized carbons (Fsp3) is 1.00. The van der Waals surface area contributed by atoms with Crippen molar-refractivity contribution in [2.24, 2.45) is 0 Å². The van der Waals surface area contributed by atoms with Crippen LogP contribution in [0.15, 0.2) is 0 Å². The van der Waals surface area contributed by atoms with E-state index in [4.69, 9.17) is 9.66 Å². The highest BCUT2D eigenvalue weighted by Gasteiger charge is 2.43. The molecule has 6 atom stereocenters. The molecule has 1 saturated heterocycles. The van der Waals surface area contributed by atoms with Crippen molar-refractivity contribution in [2.45, 2.75) is 30.5 Å². The first kappa shape index (κ1) is 18.1. The molecule has 0 aromatic carbocycles. The lowest BCUT2D eigenvalue weighted by atomic mass is 10.1. The highest BCUT2D eigenvalue weighted by molar-refractivity contribution is 7.97. The second-order valence-corrected chi connectivity index (χ2v) is 7.82. The van der Waals surface area contributed by atoms with Crippen molar-refractivity contribution < 1.29 is 42.7 Å². The lowest BCUT2D eigenvalue weighted by molar-refractivity contribution is -0.0456. The minimum Gasteiger partial charge on any atom is -0.394 e. The van der Waals surface area contributed by atoms with Gasteiger partial charge in [-0.1, -0.05) is 0 Å². The van der Waals surface area contributed by atoms with Gasteiger partial charge in [-0.15, -0.1) is 0 Å².